The molecule has 2 atom stereocenters. The number of aliphatic carboxylic acids is 1. The van der Waals surface area contributed by atoms with Crippen molar-refractivity contribution in [3.8, 4) is 0 Å². The van der Waals surface area contributed by atoms with Gasteiger partial charge in [-0.3, -0.25) is 4.79 Å². The molecule has 2 rings (SSSR count). The number of rotatable bonds is 1. The highest BCUT2D eigenvalue weighted by Crippen LogP contribution is 2.31. The van der Waals surface area contributed by atoms with E-state index in [4.69, 9.17) is 5.11 Å². The average Bonchev–Trinajstić information content (AvgIpc) is 2.70. The minimum Gasteiger partial charge on any atom is -0.481 e. The second kappa shape index (κ2) is 5.02. The minimum atomic E-state index is -0.789. The molecule has 2 saturated heterocycles. The number of urea groups is 1. The Balaban J connectivity index is 1.93. The van der Waals surface area contributed by atoms with Gasteiger partial charge in [-0.05, 0) is 24.2 Å². The number of carboxylic acids is 1. The van der Waals surface area contributed by atoms with Gasteiger partial charge < -0.3 is 14.9 Å². The fourth-order valence-electron chi connectivity index (χ4n) is 2.95. The fourth-order valence-corrected chi connectivity index (χ4v) is 2.95. The molecule has 0 spiro atoms. The van der Waals surface area contributed by atoms with Crippen molar-refractivity contribution in [1.29, 1.82) is 0 Å². The van der Waals surface area contributed by atoms with Gasteiger partial charge in [0.2, 0.25) is 0 Å². The summed E-state index contributed by atoms with van der Waals surface area (Å²) in [6.07, 6.45) is 2.04. The number of hydrogen-bond donors (Lipinski definition) is 1. The van der Waals surface area contributed by atoms with Gasteiger partial charge in [-0.1, -0.05) is 20.8 Å². The van der Waals surface area contributed by atoms with Crippen molar-refractivity contribution >= 4 is 12.0 Å². The molecule has 0 aromatic heterocycles. The van der Waals surface area contributed by atoms with Gasteiger partial charge in [0.25, 0.3) is 0 Å². The molecule has 108 valence electrons. The maximum Gasteiger partial charge on any atom is 0.320 e. The maximum atomic E-state index is 12.4. The molecule has 1 N–H and O–H groups in total. The summed E-state index contributed by atoms with van der Waals surface area (Å²) < 4.78 is 0. The van der Waals surface area contributed by atoms with Crippen LogP contribution in [0.1, 0.15) is 33.6 Å². The Hall–Kier alpha value is -1.26. The molecule has 0 bridgehead atoms. The Morgan fingerprint density at radius 3 is 2.16 bits per heavy atom. The van der Waals surface area contributed by atoms with E-state index in [1.807, 2.05) is 11.8 Å². The van der Waals surface area contributed by atoms with Crippen LogP contribution in [0.25, 0.3) is 0 Å². The summed E-state index contributed by atoms with van der Waals surface area (Å²) >= 11 is 0. The van der Waals surface area contributed by atoms with E-state index < -0.39 is 11.9 Å². The molecular weight excluding hydrogens is 244 g/mol. The zero-order valence-electron chi connectivity index (χ0n) is 12.1. The summed E-state index contributed by atoms with van der Waals surface area (Å²) in [4.78, 5) is 27.1. The van der Waals surface area contributed by atoms with Gasteiger partial charge in [0.05, 0.1) is 5.92 Å². The number of carboxylic acid groups (broad SMARTS) is 1. The Morgan fingerprint density at radius 1 is 1.11 bits per heavy atom. The lowest BCUT2D eigenvalue weighted by Gasteiger charge is -2.38. The van der Waals surface area contributed by atoms with Gasteiger partial charge in [-0.2, -0.15) is 0 Å². The summed E-state index contributed by atoms with van der Waals surface area (Å²) in [7, 11) is 0. The van der Waals surface area contributed by atoms with Gasteiger partial charge in [-0.25, -0.2) is 4.79 Å². The molecular formula is C14H24N2O3. The summed E-state index contributed by atoms with van der Waals surface area (Å²) in [6, 6.07) is 0.0195. The average molecular weight is 268 g/mol. The Morgan fingerprint density at radius 2 is 1.68 bits per heavy atom. The van der Waals surface area contributed by atoms with Gasteiger partial charge in [-0.15, -0.1) is 0 Å². The fraction of sp³-hybridized carbons (Fsp3) is 0.857. The first-order valence-electron chi connectivity index (χ1n) is 7.07. The Kier molecular flexibility index (Phi) is 3.74. The van der Waals surface area contributed by atoms with Gasteiger partial charge >= 0.3 is 12.0 Å². The van der Waals surface area contributed by atoms with Crippen molar-refractivity contribution in [2.45, 2.75) is 33.6 Å². The van der Waals surface area contributed by atoms with E-state index in [9.17, 15) is 9.59 Å². The normalized spacial score (nSPS) is 30.5. The minimum absolute atomic E-state index is 0.0195. The van der Waals surface area contributed by atoms with Gasteiger partial charge in [0.15, 0.2) is 0 Å². The van der Waals surface area contributed by atoms with Gasteiger partial charge in [0.1, 0.15) is 0 Å². The first kappa shape index (κ1) is 14.2. The lowest BCUT2D eigenvalue weighted by Crippen LogP contribution is -2.47. The zero-order chi connectivity index (χ0) is 14.2. The summed E-state index contributed by atoms with van der Waals surface area (Å²) in [6.45, 7) is 8.86. The number of piperidine rings is 1. The smallest absolute Gasteiger partial charge is 0.320 e. The second-order valence-electron chi connectivity index (χ2n) is 6.76. The molecule has 2 fully saturated rings. The van der Waals surface area contributed by atoms with E-state index in [1.54, 1.807) is 4.90 Å². The van der Waals surface area contributed by atoms with E-state index in [2.05, 4.69) is 13.8 Å². The molecule has 0 radical (unpaired) electrons. The highest BCUT2D eigenvalue weighted by molar-refractivity contribution is 5.77. The highest BCUT2D eigenvalue weighted by atomic mass is 16.4. The molecule has 0 saturated carbocycles. The number of carbonyl (C=O) groups excluding carboxylic acids is 1. The lowest BCUT2D eigenvalue weighted by atomic mass is 9.83. The van der Waals surface area contributed by atoms with Crippen LogP contribution in [0.4, 0.5) is 4.79 Å². The predicted molar refractivity (Wildman–Crippen MR) is 71.8 cm³/mol. The van der Waals surface area contributed by atoms with E-state index in [0.717, 1.165) is 25.9 Å². The molecule has 2 aliphatic heterocycles. The third-order valence-corrected chi connectivity index (χ3v) is 4.59. The van der Waals surface area contributed by atoms with Crippen molar-refractivity contribution in [3.05, 3.63) is 0 Å². The number of hydrogen-bond acceptors (Lipinski definition) is 2. The molecule has 0 aliphatic carbocycles. The van der Waals surface area contributed by atoms with Crippen LogP contribution in [0.2, 0.25) is 0 Å². The van der Waals surface area contributed by atoms with E-state index in [0.29, 0.717) is 18.5 Å². The molecule has 2 heterocycles. The van der Waals surface area contributed by atoms with E-state index >= 15 is 0 Å². The Labute approximate surface area is 114 Å². The maximum absolute atomic E-state index is 12.4. The first-order chi connectivity index (χ1) is 8.80. The van der Waals surface area contributed by atoms with E-state index in [-0.39, 0.29) is 11.9 Å². The predicted octanol–water partition coefficient (Wildman–Crippen LogP) is 1.88. The molecule has 5 nitrogen and oxygen atoms in total. The molecule has 2 amide bonds. The zero-order valence-corrected chi connectivity index (χ0v) is 12.1. The topological polar surface area (TPSA) is 60.9 Å². The van der Waals surface area contributed by atoms with E-state index in [1.165, 1.54) is 0 Å². The lowest BCUT2D eigenvalue weighted by molar-refractivity contribution is -0.142. The number of nitrogens with zero attached hydrogens (tertiary/aromatic N) is 2. The molecule has 2 unspecified atom stereocenters. The van der Waals surface area contributed by atoms with Crippen LogP contribution < -0.4 is 0 Å². The second-order valence-corrected chi connectivity index (χ2v) is 6.76. The highest BCUT2D eigenvalue weighted by Gasteiger charge is 2.39. The van der Waals surface area contributed by atoms with Crippen LogP contribution in [0.5, 0.6) is 0 Å². The van der Waals surface area contributed by atoms with Crippen molar-refractivity contribution in [1.82, 2.24) is 9.80 Å². The molecule has 19 heavy (non-hydrogen) atoms. The van der Waals surface area contributed by atoms with Crippen molar-refractivity contribution in [2.75, 3.05) is 26.2 Å². The van der Waals surface area contributed by atoms with Crippen LogP contribution >= 0.6 is 0 Å². The molecule has 0 aromatic rings. The summed E-state index contributed by atoms with van der Waals surface area (Å²) in [5, 5.41) is 9.11. The van der Waals surface area contributed by atoms with Crippen LogP contribution in [-0.4, -0.2) is 53.1 Å². The molecule has 5 heteroatoms. The quantitative estimate of drug-likeness (QED) is 0.790. The van der Waals surface area contributed by atoms with Crippen molar-refractivity contribution < 1.29 is 14.7 Å². The van der Waals surface area contributed by atoms with Crippen LogP contribution in [-0.2, 0) is 4.79 Å². The van der Waals surface area contributed by atoms with Crippen molar-refractivity contribution in [2.24, 2.45) is 17.3 Å². The SMILES string of the molecule is CC1CN(C(=O)N2CCC(C)(C)CC2)CC1C(=O)O. The van der Waals surface area contributed by atoms with Crippen LogP contribution in [0, 0.1) is 17.3 Å². The molecule has 0 aromatic carbocycles. The number of amides is 2. The van der Waals surface area contributed by atoms with Gasteiger partial charge in [0, 0.05) is 26.2 Å². The monoisotopic (exact) mass is 268 g/mol. The number of carbonyl (C=O) groups is 2. The number of likely N-dealkylation sites (tertiary alicyclic amines) is 2. The Bertz CT molecular complexity index is 371. The molecule has 2 aliphatic rings. The standard InChI is InChI=1S/C14H24N2O3/c1-10-8-16(9-11(10)12(17)18)13(19)15-6-4-14(2,3)5-7-15/h10-11H,4-9H2,1-3H3,(H,17,18). The summed E-state index contributed by atoms with van der Waals surface area (Å²) in [5.41, 5.74) is 0.318. The largest absolute Gasteiger partial charge is 0.481 e. The summed E-state index contributed by atoms with van der Waals surface area (Å²) in [5.74, 6) is -1.16. The first-order valence-corrected chi connectivity index (χ1v) is 7.07. The van der Waals surface area contributed by atoms with Crippen LogP contribution in [0.3, 0.4) is 0 Å². The van der Waals surface area contributed by atoms with Crippen molar-refractivity contribution in [3.63, 3.8) is 0 Å². The third-order valence-electron chi connectivity index (χ3n) is 4.59. The van der Waals surface area contributed by atoms with Crippen LogP contribution in [0.15, 0.2) is 0 Å². The third kappa shape index (κ3) is 3.01.